The summed E-state index contributed by atoms with van der Waals surface area (Å²) in [7, 11) is 0. The van der Waals surface area contributed by atoms with Crippen molar-refractivity contribution in [3.05, 3.63) is 17.7 Å². The third-order valence-electron chi connectivity index (χ3n) is 5.02. The molecule has 1 saturated carbocycles. The first-order valence-electron chi connectivity index (χ1n) is 7.74. The molecule has 23 heavy (non-hydrogen) atoms. The highest BCUT2D eigenvalue weighted by molar-refractivity contribution is 7.13. The van der Waals surface area contributed by atoms with Crippen LogP contribution in [0.25, 0.3) is 0 Å². The number of carbonyl (C=O) groups excluding carboxylic acids is 3. The molecule has 4 aliphatic rings. The third kappa shape index (κ3) is 2.37. The van der Waals surface area contributed by atoms with Crippen LogP contribution in [0.1, 0.15) is 19.3 Å². The number of carbonyl (C=O) groups is 3. The molecule has 1 aromatic rings. The molecule has 1 N–H and O–H groups in total. The molecule has 1 saturated heterocycles. The van der Waals surface area contributed by atoms with E-state index in [1.807, 2.05) is 0 Å². The van der Waals surface area contributed by atoms with Gasteiger partial charge >= 0.3 is 0 Å². The first-order chi connectivity index (χ1) is 11.1. The maximum absolute atomic E-state index is 12.6. The molecule has 3 aliphatic carbocycles. The number of rotatable bonds is 4. The van der Waals surface area contributed by atoms with Gasteiger partial charge in [0.15, 0.2) is 0 Å². The molecule has 2 bridgehead atoms. The summed E-state index contributed by atoms with van der Waals surface area (Å²) < 4.78 is 0. The van der Waals surface area contributed by atoms with Crippen molar-refractivity contribution < 1.29 is 14.4 Å². The maximum atomic E-state index is 12.6. The third-order valence-corrected chi connectivity index (χ3v) is 5.63. The number of imide groups is 1. The van der Waals surface area contributed by atoms with Gasteiger partial charge in [-0.3, -0.25) is 19.3 Å². The van der Waals surface area contributed by atoms with Gasteiger partial charge < -0.3 is 5.32 Å². The first-order valence-corrected chi connectivity index (χ1v) is 8.62. The molecule has 5 rings (SSSR count). The van der Waals surface area contributed by atoms with Gasteiger partial charge in [0, 0.05) is 13.0 Å². The normalized spacial score (nSPS) is 31.6. The molecule has 4 unspecified atom stereocenters. The molecule has 2 heterocycles. The van der Waals surface area contributed by atoms with Gasteiger partial charge in [0.25, 0.3) is 0 Å². The van der Waals surface area contributed by atoms with Crippen molar-refractivity contribution in [3.63, 3.8) is 0 Å². The van der Waals surface area contributed by atoms with E-state index < -0.39 is 0 Å². The van der Waals surface area contributed by atoms with Gasteiger partial charge in [0.2, 0.25) is 22.9 Å². The zero-order valence-electron chi connectivity index (χ0n) is 12.3. The number of amides is 3. The molecule has 1 aliphatic heterocycles. The number of nitrogens with one attached hydrogen (secondary N) is 1. The van der Waals surface area contributed by atoms with Gasteiger partial charge in [-0.25, -0.2) is 0 Å². The van der Waals surface area contributed by atoms with E-state index >= 15 is 0 Å². The fourth-order valence-corrected chi connectivity index (χ4v) is 4.44. The van der Waals surface area contributed by atoms with Gasteiger partial charge in [-0.1, -0.05) is 23.5 Å². The smallest absolute Gasteiger partial charge is 0.233 e. The minimum absolute atomic E-state index is 0.0826. The largest absolute Gasteiger partial charge is 0.300 e. The Balaban J connectivity index is 1.41. The van der Waals surface area contributed by atoms with Crippen molar-refractivity contribution in [2.45, 2.75) is 19.3 Å². The Morgan fingerprint density at radius 2 is 1.87 bits per heavy atom. The number of nitrogens with zero attached hydrogens (tertiary/aromatic N) is 3. The molecular weight excluding hydrogens is 316 g/mol. The Kier molecular flexibility index (Phi) is 3.48. The number of fused-ring (bicyclic) bond motifs is 1. The minimum atomic E-state index is -0.265. The van der Waals surface area contributed by atoms with Crippen LogP contribution in [-0.2, 0) is 14.4 Å². The number of allylic oxidation sites excluding steroid dienone is 2. The van der Waals surface area contributed by atoms with Crippen molar-refractivity contribution in [1.82, 2.24) is 15.1 Å². The summed E-state index contributed by atoms with van der Waals surface area (Å²) in [6, 6.07) is 0. The highest BCUT2D eigenvalue weighted by Gasteiger charge is 2.56. The molecule has 4 atom stereocenters. The second-order valence-electron chi connectivity index (χ2n) is 6.21. The molecule has 0 radical (unpaired) electrons. The van der Waals surface area contributed by atoms with E-state index in [9.17, 15) is 14.4 Å². The number of hydrogen-bond acceptors (Lipinski definition) is 6. The van der Waals surface area contributed by atoms with E-state index in [-0.39, 0.29) is 54.4 Å². The molecule has 8 heteroatoms. The Morgan fingerprint density at radius 3 is 2.39 bits per heavy atom. The van der Waals surface area contributed by atoms with Crippen LogP contribution in [0.15, 0.2) is 17.7 Å². The quantitative estimate of drug-likeness (QED) is 0.657. The zero-order chi connectivity index (χ0) is 16.0. The zero-order valence-corrected chi connectivity index (χ0v) is 13.2. The summed E-state index contributed by atoms with van der Waals surface area (Å²) >= 11 is 1.23. The molecular formula is C15H16N4O3S. The minimum Gasteiger partial charge on any atom is -0.300 e. The average molecular weight is 332 g/mol. The van der Waals surface area contributed by atoms with Crippen LogP contribution in [0.4, 0.5) is 5.13 Å². The van der Waals surface area contributed by atoms with Crippen molar-refractivity contribution in [2.75, 3.05) is 11.9 Å². The second kappa shape index (κ2) is 5.52. The Morgan fingerprint density at radius 1 is 1.22 bits per heavy atom. The molecule has 0 spiro atoms. The van der Waals surface area contributed by atoms with E-state index in [1.165, 1.54) is 21.7 Å². The van der Waals surface area contributed by atoms with Gasteiger partial charge in [-0.2, -0.15) is 0 Å². The molecule has 1 aromatic heterocycles. The molecule has 120 valence electrons. The lowest BCUT2D eigenvalue weighted by molar-refractivity contribution is -0.140. The summed E-state index contributed by atoms with van der Waals surface area (Å²) in [6.45, 7) is 0.134. The SMILES string of the molecule is O=C(CCN1C(=O)C2C3C=CC(CC3)C2C1=O)Nc1nncs1. The van der Waals surface area contributed by atoms with Gasteiger partial charge in [0.1, 0.15) is 5.51 Å². The van der Waals surface area contributed by atoms with Crippen LogP contribution < -0.4 is 5.32 Å². The fourth-order valence-electron chi connectivity index (χ4n) is 3.98. The van der Waals surface area contributed by atoms with E-state index in [4.69, 9.17) is 0 Å². The number of anilines is 1. The van der Waals surface area contributed by atoms with Crippen molar-refractivity contribution in [2.24, 2.45) is 23.7 Å². The van der Waals surface area contributed by atoms with Crippen molar-refractivity contribution in [3.8, 4) is 0 Å². The molecule has 0 aromatic carbocycles. The predicted octanol–water partition coefficient (Wildman–Crippen LogP) is 1.06. The van der Waals surface area contributed by atoms with Crippen LogP contribution in [0.3, 0.4) is 0 Å². The Hall–Kier alpha value is -2.09. The lowest BCUT2D eigenvalue weighted by atomic mass is 9.63. The summed E-state index contributed by atoms with van der Waals surface area (Å²) in [4.78, 5) is 38.4. The predicted molar refractivity (Wildman–Crippen MR) is 82.2 cm³/mol. The Labute approximate surface area is 136 Å². The summed E-state index contributed by atoms with van der Waals surface area (Å²) in [5.41, 5.74) is 1.52. The van der Waals surface area contributed by atoms with E-state index in [1.54, 1.807) is 0 Å². The van der Waals surface area contributed by atoms with Crippen LogP contribution in [0.5, 0.6) is 0 Å². The highest BCUT2D eigenvalue weighted by atomic mass is 32.1. The number of hydrogen-bond donors (Lipinski definition) is 1. The number of aromatic nitrogens is 2. The monoisotopic (exact) mass is 332 g/mol. The van der Waals surface area contributed by atoms with Crippen LogP contribution in [-0.4, -0.2) is 39.4 Å². The van der Waals surface area contributed by atoms with Gasteiger partial charge in [-0.15, -0.1) is 10.2 Å². The first kappa shape index (κ1) is 14.5. The lowest BCUT2D eigenvalue weighted by Crippen LogP contribution is -2.38. The highest BCUT2D eigenvalue weighted by Crippen LogP contribution is 2.49. The standard InChI is InChI=1S/C15H16N4O3S/c20-10(17-15-18-16-7-23-15)5-6-19-13(21)11-8-1-2-9(4-3-8)12(11)14(19)22/h1-2,7-9,11-12H,3-6H2,(H,17,18,20). The van der Waals surface area contributed by atoms with Crippen molar-refractivity contribution >= 4 is 34.2 Å². The van der Waals surface area contributed by atoms with E-state index in [2.05, 4.69) is 27.7 Å². The van der Waals surface area contributed by atoms with Crippen LogP contribution in [0.2, 0.25) is 0 Å². The fraction of sp³-hybridized carbons (Fsp3) is 0.533. The summed E-state index contributed by atoms with van der Waals surface area (Å²) in [6.07, 6.45) is 6.22. The van der Waals surface area contributed by atoms with Gasteiger partial charge in [0.05, 0.1) is 11.8 Å². The summed E-state index contributed by atoms with van der Waals surface area (Å²) in [5, 5.41) is 10.4. The molecule has 3 amide bonds. The lowest BCUT2D eigenvalue weighted by Gasteiger charge is -2.38. The maximum Gasteiger partial charge on any atom is 0.233 e. The van der Waals surface area contributed by atoms with E-state index in [0.717, 1.165) is 12.8 Å². The Bertz CT molecular complexity index is 655. The van der Waals surface area contributed by atoms with Crippen LogP contribution >= 0.6 is 11.3 Å². The van der Waals surface area contributed by atoms with Crippen LogP contribution in [0, 0.1) is 23.7 Å². The topological polar surface area (TPSA) is 92.3 Å². The molecule has 2 fully saturated rings. The molecule has 7 nitrogen and oxygen atoms in total. The summed E-state index contributed by atoms with van der Waals surface area (Å²) in [5.74, 6) is -0.540. The second-order valence-corrected chi connectivity index (χ2v) is 7.04. The average Bonchev–Trinajstić information content (AvgIpc) is 3.16. The number of likely N-dealkylation sites (tertiary alicyclic amines) is 1. The van der Waals surface area contributed by atoms with Gasteiger partial charge in [-0.05, 0) is 24.7 Å². The van der Waals surface area contributed by atoms with E-state index in [0.29, 0.717) is 5.13 Å². The van der Waals surface area contributed by atoms with Crippen molar-refractivity contribution in [1.29, 1.82) is 0 Å².